The van der Waals surface area contributed by atoms with E-state index in [-0.39, 0.29) is 75.9 Å². The number of primary amides is 1. The van der Waals surface area contributed by atoms with Gasteiger partial charge in [-0.2, -0.15) is 0 Å². The average molecular weight is 1470 g/mol. The van der Waals surface area contributed by atoms with Gasteiger partial charge in [0.05, 0.1) is 36.3 Å². The van der Waals surface area contributed by atoms with Gasteiger partial charge in [0.1, 0.15) is 214 Å². The molecule has 12 fully saturated rings. The summed E-state index contributed by atoms with van der Waals surface area (Å²) in [4.78, 5) is 73.8. The van der Waals surface area contributed by atoms with E-state index in [2.05, 4.69) is 121 Å². The largest absolute Gasteiger partial charge is 0.459 e. The van der Waals surface area contributed by atoms with Crippen molar-refractivity contribution in [2.45, 2.75) is 168 Å². The first-order chi connectivity index (χ1) is 49.3. The second kappa shape index (κ2) is 32.6. The summed E-state index contributed by atoms with van der Waals surface area (Å²) < 4.78 is 31.6. The van der Waals surface area contributed by atoms with Gasteiger partial charge in [-0.1, -0.05) is 144 Å². The Hall–Kier alpha value is -6.42. The second-order valence-corrected chi connectivity index (χ2v) is 39.1. The van der Waals surface area contributed by atoms with E-state index in [1.165, 1.54) is 103 Å². The fourth-order valence-electron chi connectivity index (χ4n) is 16.6. The van der Waals surface area contributed by atoms with E-state index < -0.39 is 0 Å². The number of quaternary nitrogens is 8. The van der Waals surface area contributed by atoms with Gasteiger partial charge < -0.3 is 60.5 Å². The number of carbonyl (C=O) groups excluding carboxylic acids is 6. The van der Waals surface area contributed by atoms with Gasteiger partial charge in [0, 0.05) is 29.2 Å². The highest BCUT2D eigenvalue weighted by Crippen LogP contribution is 2.36. The van der Waals surface area contributed by atoms with Gasteiger partial charge in [-0.3, -0.25) is 9.59 Å². The van der Waals surface area contributed by atoms with Crippen LogP contribution in [0.25, 0.3) is 0 Å². The van der Waals surface area contributed by atoms with Crippen molar-refractivity contribution in [1.29, 1.82) is 0 Å². The molecular formula is C87H139N9O10+8. The highest BCUT2D eigenvalue weighted by atomic mass is 16.6. The molecule has 584 valence electrons. The zero-order chi connectivity index (χ0) is 77.7. The topological polar surface area (TPSA) is 165 Å². The number of hydrogen-bond donors (Lipinski definition) is 1. The maximum atomic E-state index is 12.9. The predicted octanol–water partition coefficient (Wildman–Crippen LogP) is 11.1. The standard InChI is InChI=1S/C23H36N2O3.C22H34N3O3.2C21H34N2O2/c1-18(26)16-24-9-12-25(13-10-24,14-11-24)17-20-7-6-8-21(15-20)22(27)28-19(2)23(3,4)5;1-17(22(2,3)4)28-21(27)19-8-6-5-7-18(19)15-24-9-12-25(13-10-24,14-11-24)16-20(23)26;1-17(21(2,3)4)25-20(24)19-8-6-7-18(15-19)16-23-12-9-22(5,10-13-23)11-14-23;1-17(21(2,3)4)25-20(24)19-9-7-6-8-18(19)16-23-13-10-22(5,11-14-23)12-15-23/h6-8,15,19H,9-14,16-17H2,1-5H3;5-8,17H,9-16H2,1-4H3,(H-,23,26);6-8,15,17H,9-14,16H2,1-5H3;6-9,17H,10-16H2,1-5H3/q+2;+1;2*+2/p+1/t19-,24?,25?;17-,24?,25?;2*17-,22?,23?/m1111/s1. The molecule has 4 atom stereocenters. The van der Waals surface area contributed by atoms with Crippen molar-refractivity contribution >= 4 is 35.6 Å². The minimum atomic E-state index is -0.237. The average Bonchev–Trinajstić information content (AvgIpc) is 0.753. The summed E-state index contributed by atoms with van der Waals surface area (Å²) in [5.74, 6) is -0.750. The van der Waals surface area contributed by atoms with Gasteiger partial charge in [0.25, 0.3) is 5.91 Å². The Bertz CT molecular complexity index is 3660. The Balaban J connectivity index is 0.000000164. The highest BCUT2D eigenvalue weighted by molar-refractivity contribution is 5.92. The van der Waals surface area contributed by atoms with Crippen LogP contribution in [-0.4, -0.2) is 280 Å². The molecule has 106 heavy (non-hydrogen) atoms. The van der Waals surface area contributed by atoms with Crippen molar-refractivity contribution in [3.05, 3.63) is 142 Å². The third-order valence-corrected chi connectivity index (χ3v) is 26.9. The molecule has 19 heteroatoms. The van der Waals surface area contributed by atoms with Crippen molar-refractivity contribution in [3.63, 3.8) is 0 Å². The van der Waals surface area contributed by atoms with Gasteiger partial charge in [-0.25, -0.2) is 19.2 Å². The van der Waals surface area contributed by atoms with Crippen LogP contribution in [0.2, 0.25) is 0 Å². The third kappa shape index (κ3) is 21.5. The molecule has 4 aromatic rings. The molecule has 1 amide bonds. The number of ether oxygens (including phenoxy) is 4. The molecule has 12 saturated heterocycles. The number of nitrogens with two attached hydrogens (primary N) is 1. The zero-order valence-corrected chi connectivity index (χ0v) is 69.0. The minimum absolute atomic E-state index is 0.0434. The van der Waals surface area contributed by atoms with Crippen molar-refractivity contribution in [1.82, 2.24) is 0 Å². The fraction of sp³-hybridized carbons (Fsp3) is 0.655. The number of amides is 1. The number of rotatable bonds is 20. The number of likely N-dealkylation sites (N-methyl/N-ethyl adjacent to an activating group) is 2. The van der Waals surface area contributed by atoms with Crippen molar-refractivity contribution in [2.75, 3.05) is 184 Å². The molecule has 0 radical (unpaired) electrons. The summed E-state index contributed by atoms with van der Waals surface area (Å²) in [5, 5.41) is 0. The number of carbonyl (C=O) groups is 6. The Morgan fingerprint density at radius 2 is 0.594 bits per heavy atom. The molecular weight excluding hydrogens is 1330 g/mol. The quantitative estimate of drug-likeness (QED) is 0.0511. The molecule has 19 nitrogen and oxygen atoms in total. The molecule has 12 heterocycles. The Morgan fingerprint density at radius 1 is 0.340 bits per heavy atom. The third-order valence-electron chi connectivity index (χ3n) is 26.9. The van der Waals surface area contributed by atoms with Gasteiger partial charge in [-0.15, -0.1) is 0 Å². The van der Waals surface area contributed by atoms with Crippen molar-refractivity contribution in [3.8, 4) is 0 Å². The Morgan fingerprint density at radius 3 is 0.877 bits per heavy atom. The highest BCUT2D eigenvalue weighted by Gasteiger charge is 2.53. The van der Waals surface area contributed by atoms with E-state index in [9.17, 15) is 28.8 Å². The predicted molar refractivity (Wildman–Crippen MR) is 418 cm³/mol. The lowest BCUT2D eigenvalue weighted by Gasteiger charge is -2.55. The molecule has 4 aromatic carbocycles. The van der Waals surface area contributed by atoms with Gasteiger partial charge in [0.15, 0.2) is 12.3 Å². The summed E-state index contributed by atoms with van der Waals surface area (Å²) in [5.41, 5.74) is 12.6. The normalized spacial score (nSPS) is 29.0. The van der Waals surface area contributed by atoms with Crippen LogP contribution < -0.4 is 5.73 Å². The number of piperazine rings is 12. The van der Waals surface area contributed by atoms with E-state index >= 15 is 0 Å². The first kappa shape index (κ1) is 83.6. The van der Waals surface area contributed by atoms with Gasteiger partial charge in [0.2, 0.25) is 0 Å². The maximum Gasteiger partial charge on any atom is 0.338 e. The summed E-state index contributed by atoms with van der Waals surface area (Å²) in [6.07, 6.45) is -0.507. The zero-order valence-electron chi connectivity index (χ0n) is 69.0. The van der Waals surface area contributed by atoms with E-state index in [0.29, 0.717) is 35.6 Å². The number of benzene rings is 4. The van der Waals surface area contributed by atoms with Crippen LogP contribution in [0, 0.1) is 21.7 Å². The number of hydrogen-bond acceptors (Lipinski definition) is 10. The summed E-state index contributed by atoms with van der Waals surface area (Å²) in [6, 6.07) is 31.9. The Kier molecular flexibility index (Phi) is 25.7. The molecule has 12 aliphatic rings. The molecule has 8 bridgehead atoms. The number of ketones is 1. The number of esters is 4. The fourth-order valence-corrected chi connectivity index (χ4v) is 16.6. The van der Waals surface area contributed by atoms with Crippen LogP contribution in [0.3, 0.4) is 0 Å². The lowest BCUT2D eigenvalue weighted by Crippen LogP contribution is -2.75. The number of Topliss-reactive ketones (excluding diaryl/α,β-unsaturated/α-hetero) is 1. The van der Waals surface area contributed by atoms with Crippen LogP contribution in [0.4, 0.5) is 0 Å². The first-order valence-corrected chi connectivity index (χ1v) is 40.0. The van der Waals surface area contributed by atoms with Crippen molar-refractivity contribution < 1.29 is 83.6 Å². The van der Waals surface area contributed by atoms with Crippen LogP contribution >= 0.6 is 0 Å². The van der Waals surface area contributed by atoms with E-state index in [0.717, 1.165) is 144 Å². The van der Waals surface area contributed by atoms with Crippen LogP contribution in [0.15, 0.2) is 97.1 Å². The van der Waals surface area contributed by atoms with E-state index in [4.69, 9.17) is 24.7 Å². The SMILES string of the molecule is CC(=O)C[N+]12CC[N+](Cc3cccc(C(=O)O[C@H](C)C(C)(C)C)c3)(CC1)CC2.C[C@@H](OC(=O)c1cccc(C[N+]23CC[N+](C)(CC2)CC3)c1)C(C)(C)C.C[C@@H](OC(=O)c1ccccc1C[N+]12CC[N+](C)(CC1)CC2)C(C)(C)C.C[C@@H](OC(=O)c1ccccc1C[N+]12CC[N+](CC(N)=O)(CC1)CC2)C(C)(C)C. The molecule has 2 N–H and O–H groups in total. The van der Waals surface area contributed by atoms with Crippen molar-refractivity contribution in [2.24, 2.45) is 27.4 Å². The second-order valence-electron chi connectivity index (χ2n) is 39.1. The van der Waals surface area contributed by atoms with Crippen LogP contribution in [0.5, 0.6) is 0 Å². The van der Waals surface area contributed by atoms with Crippen LogP contribution in [-0.2, 0) is 54.7 Å². The molecule has 0 spiro atoms. The number of nitrogens with zero attached hydrogens (tertiary/aromatic N) is 8. The minimum Gasteiger partial charge on any atom is -0.459 e. The maximum absolute atomic E-state index is 12.9. The molecule has 0 aromatic heterocycles. The first-order valence-electron chi connectivity index (χ1n) is 40.0. The lowest BCUT2D eigenvalue weighted by molar-refractivity contribution is -1.08. The summed E-state index contributed by atoms with van der Waals surface area (Å²) in [6.45, 7) is 67.2. The molecule has 0 saturated carbocycles. The van der Waals surface area contributed by atoms with Gasteiger partial charge >= 0.3 is 23.9 Å². The molecule has 12 aliphatic heterocycles. The van der Waals surface area contributed by atoms with Crippen LogP contribution in [0.1, 0.15) is 181 Å². The van der Waals surface area contributed by atoms with E-state index in [1.54, 1.807) is 6.92 Å². The smallest absolute Gasteiger partial charge is 0.338 e. The molecule has 16 rings (SSSR count). The lowest BCUT2D eigenvalue weighted by atomic mass is 9.90. The van der Waals surface area contributed by atoms with Gasteiger partial charge in [-0.05, 0) is 85.8 Å². The monoisotopic (exact) mass is 1470 g/mol. The summed E-state index contributed by atoms with van der Waals surface area (Å²) in [7, 11) is 4.77. The van der Waals surface area contributed by atoms with E-state index in [1.807, 2.05) is 100 Å². The molecule has 0 unspecified atom stereocenters. The molecule has 0 aliphatic carbocycles. The Labute approximate surface area is 637 Å². The number of fused-ring (bicyclic) bond motifs is 12. The summed E-state index contributed by atoms with van der Waals surface area (Å²) >= 11 is 0.